The number of benzene rings is 1. The predicted octanol–water partition coefficient (Wildman–Crippen LogP) is 2.06. The highest BCUT2D eigenvalue weighted by Crippen LogP contribution is 2.39. The van der Waals surface area contributed by atoms with Gasteiger partial charge in [0.15, 0.2) is 0 Å². The fourth-order valence-corrected chi connectivity index (χ4v) is 4.66. The van der Waals surface area contributed by atoms with Crippen molar-refractivity contribution in [2.75, 3.05) is 48.5 Å². The summed E-state index contributed by atoms with van der Waals surface area (Å²) in [6.07, 6.45) is 2.72. The Labute approximate surface area is 162 Å². The van der Waals surface area contributed by atoms with Crippen molar-refractivity contribution in [1.82, 2.24) is 9.80 Å². The Hall–Kier alpha value is -1.79. The van der Waals surface area contributed by atoms with Crippen molar-refractivity contribution in [3.63, 3.8) is 0 Å². The zero-order valence-electron chi connectivity index (χ0n) is 17.1. The van der Waals surface area contributed by atoms with Crippen LogP contribution in [0.3, 0.4) is 0 Å². The molecule has 0 bridgehead atoms. The summed E-state index contributed by atoms with van der Waals surface area (Å²) in [7, 11) is 9.28. The molecule has 0 aromatic heterocycles. The van der Waals surface area contributed by atoms with Crippen LogP contribution in [0.2, 0.25) is 0 Å². The average Bonchev–Trinajstić information content (AvgIpc) is 3.10. The van der Waals surface area contributed by atoms with Crippen molar-refractivity contribution < 1.29 is 19.0 Å². The van der Waals surface area contributed by atoms with Crippen molar-refractivity contribution in [1.29, 1.82) is 0 Å². The first-order valence-electron chi connectivity index (χ1n) is 9.64. The maximum absolute atomic E-state index is 12.9. The van der Waals surface area contributed by atoms with E-state index in [1.165, 1.54) is 0 Å². The minimum absolute atomic E-state index is 0.170. The molecule has 150 valence electrons. The van der Waals surface area contributed by atoms with Gasteiger partial charge in [-0.05, 0) is 44.8 Å². The minimum Gasteiger partial charge on any atom is -0.497 e. The number of likely N-dealkylation sites (N-methyl/N-ethyl adjacent to an activating group) is 1. The molecule has 2 aliphatic rings. The molecule has 1 aliphatic heterocycles. The third-order valence-electron chi connectivity index (χ3n) is 6.24. The molecule has 1 aromatic carbocycles. The van der Waals surface area contributed by atoms with Crippen LogP contribution in [-0.2, 0) is 16.0 Å². The fraction of sp³-hybridized carbons (Fsp3) is 0.667. The number of rotatable bonds is 6. The Morgan fingerprint density at radius 1 is 1.11 bits per heavy atom. The molecule has 0 spiro atoms. The number of likely N-dealkylation sites (tertiary alicyclic amines) is 1. The molecule has 2 fully saturated rings. The number of amides is 1. The van der Waals surface area contributed by atoms with Crippen LogP contribution in [0.15, 0.2) is 18.2 Å². The lowest BCUT2D eigenvalue weighted by Gasteiger charge is -2.40. The van der Waals surface area contributed by atoms with E-state index >= 15 is 0 Å². The van der Waals surface area contributed by atoms with Gasteiger partial charge in [-0.1, -0.05) is 6.07 Å². The van der Waals surface area contributed by atoms with E-state index in [-0.39, 0.29) is 12.0 Å². The van der Waals surface area contributed by atoms with Crippen LogP contribution >= 0.6 is 0 Å². The lowest BCUT2D eigenvalue weighted by molar-refractivity contribution is -0.129. The molecule has 1 aromatic rings. The van der Waals surface area contributed by atoms with Crippen molar-refractivity contribution in [3.05, 3.63) is 23.8 Å². The van der Waals surface area contributed by atoms with Crippen molar-refractivity contribution >= 4 is 5.91 Å². The van der Waals surface area contributed by atoms with E-state index in [2.05, 4.69) is 19.0 Å². The predicted molar refractivity (Wildman–Crippen MR) is 104 cm³/mol. The highest BCUT2D eigenvalue weighted by molar-refractivity contribution is 5.80. The summed E-state index contributed by atoms with van der Waals surface area (Å²) in [6.45, 7) is 1.69. The highest BCUT2D eigenvalue weighted by Gasteiger charge is 2.44. The first kappa shape index (κ1) is 20.0. The second kappa shape index (κ2) is 8.48. The fourth-order valence-electron chi connectivity index (χ4n) is 4.66. The zero-order valence-corrected chi connectivity index (χ0v) is 17.1. The average molecular weight is 376 g/mol. The second-order valence-corrected chi connectivity index (χ2v) is 7.95. The third-order valence-corrected chi connectivity index (χ3v) is 6.24. The van der Waals surface area contributed by atoms with E-state index in [1.54, 1.807) is 21.3 Å². The van der Waals surface area contributed by atoms with Gasteiger partial charge in [0.1, 0.15) is 11.5 Å². The third kappa shape index (κ3) is 4.22. The van der Waals surface area contributed by atoms with Gasteiger partial charge in [-0.2, -0.15) is 0 Å². The quantitative estimate of drug-likeness (QED) is 0.761. The summed E-state index contributed by atoms with van der Waals surface area (Å²) in [5.41, 5.74) is 0.902. The molecule has 4 atom stereocenters. The van der Waals surface area contributed by atoms with E-state index < -0.39 is 0 Å². The summed E-state index contributed by atoms with van der Waals surface area (Å²) < 4.78 is 16.4. The molecule has 1 amide bonds. The Kier molecular flexibility index (Phi) is 6.27. The van der Waals surface area contributed by atoms with Gasteiger partial charge in [-0.3, -0.25) is 4.79 Å². The molecular weight excluding hydrogens is 344 g/mol. The molecule has 6 nitrogen and oxygen atoms in total. The van der Waals surface area contributed by atoms with Crippen LogP contribution in [0.4, 0.5) is 0 Å². The smallest absolute Gasteiger partial charge is 0.227 e. The van der Waals surface area contributed by atoms with Crippen molar-refractivity contribution in [2.45, 2.75) is 31.4 Å². The Morgan fingerprint density at radius 3 is 2.41 bits per heavy atom. The van der Waals surface area contributed by atoms with Crippen LogP contribution in [0, 0.1) is 11.8 Å². The number of nitrogens with zero attached hydrogens (tertiary/aromatic N) is 2. The molecular formula is C21H32N2O4. The van der Waals surface area contributed by atoms with Gasteiger partial charge >= 0.3 is 0 Å². The molecule has 0 unspecified atom stereocenters. The van der Waals surface area contributed by atoms with E-state index in [0.717, 1.165) is 37.2 Å². The number of carbonyl (C=O) groups is 1. The van der Waals surface area contributed by atoms with E-state index in [0.29, 0.717) is 30.0 Å². The number of carbonyl (C=O) groups excluding carboxylic acids is 1. The first-order chi connectivity index (χ1) is 13.0. The van der Waals surface area contributed by atoms with Gasteiger partial charge in [0, 0.05) is 37.9 Å². The summed E-state index contributed by atoms with van der Waals surface area (Å²) in [6, 6.07) is 6.05. The molecule has 1 saturated heterocycles. The lowest BCUT2D eigenvalue weighted by atomic mass is 9.77. The summed E-state index contributed by atoms with van der Waals surface area (Å²) in [4.78, 5) is 17.2. The Balaban J connectivity index is 1.66. The monoisotopic (exact) mass is 376 g/mol. The lowest BCUT2D eigenvalue weighted by Crippen LogP contribution is -2.47. The summed E-state index contributed by atoms with van der Waals surface area (Å²) in [5.74, 6) is 2.70. The van der Waals surface area contributed by atoms with Gasteiger partial charge < -0.3 is 24.0 Å². The van der Waals surface area contributed by atoms with Gasteiger partial charge in [0.25, 0.3) is 0 Å². The normalized spacial score (nSPS) is 27.6. The van der Waals surface area contributed by atoms with E-state index in [4.69, 9.17) is 14.2 Å². The van der Waals surface area contributed by atoms with E-state index in [9.17, 15) is 4.79 Å². The standard InChI is InChI=1S/C21H32N2O4/c1-22(2)18-8-15-12-23(13-16(15)9-20(18)27-5)21(24)10-14-6-7-17(25-3)11-19(14)26-4/h6-7,11,15-16,18,20H,8-10,12-13H2,1-5H3/t15-,16+,18-,20-/m1/s1. The largest absolute Gasteiger partial charge is 0.497 e. The Bertz CT molecular complexity index is 664. The van der Waals surface area contributed by atoms with Gasteiger partial charge in [0.05, 0.1) is 26.7 Å². The SMILES string of the molecule is COc1ccc(CC(=O)N2C[C@H]3C[C@@H](N(C)C)[C@H](OC)C[C@H]3C2)c(OC)c1. The highest BCUT2D eigenvalue weighted by atomic mass is 16.5. The molecule has 27 heavy (non-hydrogen) atoms. The van der Waals surface area contributed by atoms with Crippen LogP contribution in [0.5, 0.6) is 11.5 Å². The summed E-state index contributed by atoms with van der Waals surface area (Å²) in [5, 5.41) is 0. The minimum atomic E-state index is 0.170. The van der Waals surface area contributed by atoms with Gasteiger partial charge in [-0.25, -0.2) is 0 Å². The van der Waals surface area contributed by atoms with E-state index in [1.807, 2.05) is 23.1 Å². The second-order valence-electron chi connectivity index (χ2n) is 7.95. The number of hydrogen-bond acceptors (Lipinski definition) is 5. The summed E-state index contributed by atoms with van der Waals surface area (Å²) >= 11 is 0. The Morgan fingerprint density at radius 2 is 1.81 bits per heavy atom. The van der Waals surface area contributed by atoms with Crippen LogP contribution in [0.1, 0.15) is 18.4 Å². The molecule has 6 heteroatoms. The van der Waals surface area contributed by atoms with Gasteiger partial charge in [0.2, 0.25) is 5.91 Å². The number of methoxy groups -OCH3 is 3. The maximum Gasteiger partial charge on any atom is 0.227 e. The molecule has 0 N–H and O–H groups in total. The first-order valence-corrected chi connectivity index (χ1v) is 9.64. The van der Waals surface area contributed by atoms with Crippen LogP contribution < -0.4 is 9.47 Å². The number of ether oxygens (including phenoxy) is 3. The molecule has 3 rings (SSSR count). The maximum atomic E-state index is 12.9. The molecule has 1 heterocycles. The zero-order chi connectivity index (χ0) is 19.6. The van der Waals surface area contributed by atoms with Crippen molar-refractivity contribution in [3.8, 4) is 11.5 Å². The topological polar surface area (TPSA) is 51.2 Å². The van der Waals surface area contributed by atoms with Crippen molar-refractivity contribution in [2.24, 2.45) is 11.8 Å². The van der Waals surface area contributed by atoms with Gasteiger partial charge in [-0.15, -0.1) is 0 Å². The molecule has 0 radical (unpaired) electrons. The molecule has 1 saturated carbocycles. The number of hydrogen-bond donors (Lipinski definition) is 0. The van der Waals surface area contributed by atoms with Crippen LogP contribution in [-0.4, -0.2) is 76.4 Å². The molecule has 1 aliphatic carbocycles. The van der Waals surface area contributed by atoms with Crippen LogP contribution in [0.25, 0.3) is 0 Å². The number of fused-ring (bicyclic) bond motifs is 1.